The van der Waals surface area contributed by atoms with Crippen molar-refractivity contribution in [3.63, 3.8) is 0 Å². The van der Waals surface area contributed by atoms with Gasteiger partial charge in [0.1, 0.15) is 5.82 Å². The van der Waals surface area contributed by atoms with Gasteiger partial charge in [0.25, 0.3) is 0 Å². The number of imidazole rings is 1. The van der Waals surface area contributed by atoms with Gasteiger partial charge in [-0.3, -0.25) is 4.90 Å². The fourth-order valence-corrected chi connectivity index (χ4v) is 2.90. The third-order valence-electron chi connectivity index (χ3n) is 4.64. The lowest BCUT2D eigenvalue weighted by Gasteiger charge is -2.46. The molecule has 0 amide bonds. The summed E-state index contributed by atoms with van der Waals surface area (Å²) < 4.78 is 2.25. The van der Waals surface area contributed by atoms with Crippen LogP contribution in [0.1, 0.15) is 39.4 Å². The van der Waals surface area contributed by atoms with Crippen molar-refractivity contribution < 1.29 is 0 Å². The standard InChI is InChI=1S/C15H28N4/c1-5-14-11-17-15(4,6-2)12-19(14)10-9-18-8-7-16-13(18)3/h7-8,14,17H,5-6,9-12H2,1-4H3. The minimum absolute atomic E-state index is 0.273. The maximum absolute atomic E-state index is 4.30. The van der Waals surface area contributed by atoms with Crippen LogP contribution in [0.5, 0.6) is 0 Å². The van der Waals surface area contributed by atoms with Crippen LogP contribution in [0.3, 0.4) is 0 Å². The second kappa shape index (κ2) is 6.06. The molecule has 19 heavy (non-hydrogen) atoms. The van der Waals surface area contributed by atoms with Gasteiger partial charge in [-0.15, -0.1) is 0 Å². The van der Waals surface area contributed by atoms with E-state index in [1.54, 1.807) is 0 Å². The summed E-state index contributed by atoms with van der Waals surface area (Å²) in [4.78, 5) is 6.95. The third kappa shape index (κ3) is 3.37. The molecule has 0 aromatic carbocycles. The molecule has 1 fully saturated rings. The lowest BCUT2D eigenvalue weighted by molar-refractivity contribution is 0.0787. The average Bonchev–Trinajstić information content (AvgIpc) is 2.82. The van der Waals surface area contributed by atoms with Crippen LogP contribution in [0.25, 0.3) is 0 Å². The minimum Gasteiger partial charge on any atom is -0.334 e. The first-order valence-electron chi connectivity index (χ1n) is 7.55. The molecule has 1 N–H and O–H groups in total. The van der Waals surface area contributed by atoms with Gasteiger partial charge in [-0.05, 0) is 26.7 Å². The first-order chi connectivity index (χ1) is 9.08. The molecule has 0 spiro atoms. The number of rotatable bonds is 5. The predicted octanol–water partition coefficient (Wildman–Crippen LogP) is 2.04. The van der Waals surface area contributed by atoms with Crippen molar-refractivity contribution in [1.82, 2.24) is 19.8 Å². The SMILES string of the molecule is CCC1CNC(C)(CC)CN1CCn1ccnc1C. The number of nitrogens with one attached hydrogen (secondary N) is 1. The molecular formula is C15H28N4. The van der Waals surface area contributed by atoms with Crippen LogP contribution in [-0.2, 0) is 6.54 Å². The highest BCUT2D eigenvalue weighted by atomic mass is 15.3. The Kier molecular flexibility index (Phi) is 4.63. The molecule has 0 saturated carbocycles. The zero-order valence-electron chi connectivity index (χ0n) is 12.8. The van der Waals surface area contributed by atoms with Gasteiger partial charge < -0.3 is 9.88 Å². The molecule has 2 heterocycles. The lowest BCUT2D eigenvalue weighted by Crippen LogP contribution is -2.62. The monoisotopic (exact) mass is 264 g/mol. The largest absolute Gasteiger partial charge is 0.334 e. The molecule has 108 valence electrons. The number of hydrogen-bond acceptors (Lipinski definition) is 3. The molecule has 4 nitrogen and oxygen atoms in total. The maximum atomic E-state index is 4.30. The van der Waals surface area contributed by atoms with E-state index in [2.05, 4.69) is 53.7 Å². The van der Waals surface area contributed by atoms with Crippen LogP contribution in [0.2, 0.25) is 0 Å². The van der Waals surface area contributed by atoms with Crippen molar-refractivity contribution in [1.29, 1.82) is 0 Å². The quantitative estimate of drug-likeness (QED) is 0.883. The minimum atomic E-state index is 0.273. The lowest BCUT2D eigenvalue weighted by atomic mass is 9.93. The molecule has 2 atom stereocenters. The summed E-state index contributed by atoms with van der Waals surface area (Å²) in [5.74, 6) is 1.11. The van der Waals surface area contributed by atoms with Gasteiger partial charge in [0, 0.05) is 50.2 Å². The summed E-state index contributed by atoms with van der Waals surface area (Å²) in [6.07, 6.45) is 6.37. The van der Waals surface area contributed by atoms with Crippen molar-refractivity contribution in [2.24, 2.45) is 0 Å². The van der Waals surface area contributed by atoms with Gasteiger partial charge in [-0.1, -0.05) is 13.8 Å². The zero-order chi connectivity index (χ0) is 13.9. The Morgan fingerprint density at radius 3 is 2.79 bits per heavy atom. The highest BCUT2D eigenvalue weighted by Crippen LogP contribution is 2.20. The molecule has 0 bridgehead atoms. The maximum Gasteiger partial charge on any atom is 0.105 e. The molecule has 1 aromatic rings. The Morgan fingerprint density at radius 2 is 2.21 bits per heavy atom. The first kappa shape index (κ1) is 14.5. The Labute approximate surface area is 117 Å². The Balaban J connectivity index is 1.97. The number of piperazine rings is 1. The van der Waals surface area contributed by atoms with Crippen LogP contribution in [0.4, 0.5) is 0 Å². The van der Waals surface area contributed by atoms with Gasteiger partial charge in [0.05, 0.1) is 0 Å². The summed E-state index contributed by atoms with van der Waals surface area (Å²) >= 11 is 0. The van der Waals surface area contributed by atoms with E-state index >= 15 is 0 Å². The molecule has 0 aliphatic carbocycles. The Morgan fingerprint density at radius 1 is 1.42 bits per heavy atom. The zero-order valence-corrected chi connectivity index (χ0v) is 12.8. The number of aryl methyl sites for hydroxylation is 1. The fraction of sp³-hybridized carbons (Fsp3) is 0.800. The normalized spacial score (nSPS) is 28.7. The second-order valence-corrected chi connectivity index (χ2v) is 6.00. The summed E-state index contributed by atoms with van der Waals surface area (Å²) in [7, 11) is 0. The second-order valence-electron chi connectivity index (χ2n) is 6.00. The van der Waals surface area contributed by atoms with Crippen molar-refractivity contribution in [2.45, 2.75) is 58.7 Å². The van der Waals surface area contributed by atoms with Crippen LogP contribution < -0.4 is 5.32 Å². The van der Waals surface area contributed by atoms with Crippen molar-refractivity contribution in [3.8, 4) is 0 Å². The molecule has 1 aromatic heterocycles. The van der Waals surface area contributed by atoms with Gasteiger partial charge in [0.15, 0.2) is 0 Å². The highest BCUT2D eigenvalue weighted by Gasteiger charge is 2.33. The van der Waals surface area contributed by atoms with Crippen molar-refractivity contribution in [2.75, 3.05) is 19.6 Å². The van der Waals surface area contributed by atoms with E-state index in [4.69, 9.17) is 0 Å². The van der Waals surface area contributed by atoms with Gasteiger partial charge in [-0.25, -0.2) is 4.98 Å². The van der Waals surface area contributed by atoms with Crippen molar-refractivity contribution >= 4 is 0 Å². The van der Waals surface area contributed by atoms with E-state index in [1.807, 2.05) is 6.20 Å². The van der Waals surface area contributed by atoms with Gasteiger partial charge in [-0.2, -0.15) is 0 Å². The predicted molar refractivity (Wildman–Crippen MR) is 79.3 cm³/mol. The molecule has 1 aliphatic rings. The molecule has 2 rings (SSSR count). The third-order valence-corrected chi connectivity index (χ3v) is 4.64. The molecule has 0 radical (unpaired) electrons. The molecule has 2 unspecified atom stereocenters. The van der Waals surface area contributed by atoms with Crippen LogP contribution in [0, 0.1) is 6.92 Å². The topological polar surface area (TPSA) is 33.1 Å². The highest BCUT2D eigenvalue weighted by molar-refractivity contribution is 4.95. The smallest absolute Gasteiger partial charge is 0.105 e. The number of hydrogen-bond donors (Lipinski definition) is 1. The van der Waals surface area contributed by atoms with Gasteiger partial charge in [0.2, 0.25) is 0 Å². The van der Waals surface area contributed by atoms with E-state index in [0.29, 0.717) is 6.04 Å². The number of nitrogens with zero attached hydrogens (tertiary/aromatic N) is 3. The Hall–Kier alpha value is -0.870. The first-order valence-corrected chi connectivity index (χ1v) is 7.55. The van der Waals surface area contributed by atoms with Crippen LogP contribution >= 0.6 is 0 Å². The van der Waals surface area contributed by atoms with E-state index in [-0.39, 0.29) is 5.54 Å². The Bertz CT molecular complexity index is 401. The molecular weight excluding hydrogens is 236 g/mol. The molecule has 1 aliphatic heterocycles. The van der Waals surface area contributed by atoms with Crippen LogP contribution in [0.15, 0.2) is 12.4 Å². The molecule has 4 heteroatoms. The van der Waals surface area contributed by atoms with Crippen LogP contribution in [-0.4, -0.2) is 45.7 Å². The average molecular weight is 264 g/mol. The van der Waals surface area contributed by atoms with E-state index in [9.17, 15) is 0 Å². The van der Waals surface area contributed by atoms with Gasteiger partial charge >= 0.3 is 0 Å². The number of aromatic nitrogens is 2. The molecule has 1 saturated heterocycles. The van der Waals surface area contributed by atoms with E-state index < -0.39 is 0 Å². The summed E-state index contributed by atoms with van der Waals surface area (Å²) in [5, 5.41) is 3.72. The van der Waals surface area contributed by atoms with E-state index in [0.717, 1.165) is 32.0 Å². The summed E-state index contributed by atoms with van der Waals surface area (Å²) in [5.41, 5.74) is 0.273. The van der Waals surface area contributed by atoms with E-state index in [1.165, 1.54) is 12.8 Å². The van der Waals surface area contributed by atoms with Crippen molar-refractivity contribution in [3.05, 3.63) is 18.2 Å². The summed E-state index contributed by atoms with van der Waals surface area (Å²) in [6.45, 7) is 13.4. The summed E-state index contributed by atoms with van der Waals surface area (Å²) in [6, 6.07) is 0.670. The fourth-order valence-electron chi connectivity index (χ4n) is 2.90.